The van der Waals surface area contributed by atoms with Crippen LogP contribution in [0.15, 0.2) is 71.2 Å². The summed E-state index contributed by atoms with van der Waals surface area (Å²) in [5.74, 6) is 0.137. The molecular weight excluding hydrogens is 406 g/mol. The maximum absolute atomic E-state index is 12.4. The molecule has 0 aliphatic carbocycles. The molecule has 4 rings (SSSR count). The Bertz CT molecular complexity index is 1350. The van der Waals surface area contributed by atoms with Gasteiger partial charge in [-0.25, -0.2) is 4.98 Å². The number of aromatic nitrogens is 1. The zero-order valence-corrected chi connectivity index (χ0v) is 17.7. The zero-order valence-electron chi connectivity index (χ0n) is 17.7. The molecule has 1 N–H and O–H groups in total. The van der Waals surface area contributed by atoms with Crippen molar-refractivity contribution in [3.05, 3.63) is 93.5 Å². The molecule has 0 saturated carbocycles. The number of amides is 1. The number of benzene rings is 3. The van der Waals surface area contributed by atoms with Gasteiger partial charge in [-0.05, 0) is 60.4 Å². The van der Waals surface area contributed by atoms with Gasteiger partial charge in [0.1, 0.15) is 5.52 Å². The Labute approximate surface area is 184 Å². The first-order chi connectivity index (χ1) is 15.4. The third-order valence-corrected chi connectivity index (χ3v) is 5.11. The van der Waals surface area contributed by atoms with Crippen LogP contribution in [-0.4, -0.2) is 15.8 Å². The molecule has 1 heterocycles. The van der Waals surface area contributed by atoms with Crippen LogP contribution in [0, 0.1) is 17.0 Å². The summed E-state index contributed by atoms with van der Waals surface area (Å²) in [5.41, 5.74) is 5.50. The summed E-state index contributed by atoms with van der Waals surface area (Å²) < 4.78 is 5.90. The Morgan fingerprint density at radius 2 is 2.00 bits per heavy atom. The van der Waals surface area contributed by atoms with Gasteiger partial charge in [0, 0.05) is 29.5 Å². The first kappa shape index (κ1) is 21.0. The highest BCUT2D eigenvalue weighted by atomic mass is 16.6. The lowest BCUT2D eigenvalue weighted by Crippen LogP contribution is -2.09. The van der Waals surface area contributed by atoms with Gasteiger partial charge < -0.3 is 9.73 Å². The van der Waals surface area contributed by atoms with Crippen molar-refractivity contribution in [1.82, 2.24) is 4.98 Å². The normalized spacial score (nSPS) is 11.2. The van der Waals surface area contributed by atoms with Crippen LogP contribution < -0.4 is 5.32 Å². The van der Waals surface area contributed by atoms with Crippen molar-refractivity contribution >= 4 is 34.5 Å². The van der Waals surface area contributed by atoms with Gasteiger partial charge >= 0.3 is 0 Å². The maximum Gasteiger partial charge on any atom is 0.270 e. The van der Waals surface area contributed by atoms with Gasteiger partial charge in [0.25, 0.3) is 5.69 Å². The van der Waals surface area contributed by atoms with Crippen LogP contribution in [0.4, 0.5) is 11.4 Å². The minimum absolute atomic E-state index is 0.0273. The van der Waals surface area contributed by atoms with Crippen LogP contribution in [0.25, 0.3) is 28.6 Å². The van der Waals surface area contributed by atoms with E-state index in [-0.39, 0.29) is 11.6 Å². The van der Waals surface area contributed by atoms with Crippen molar-refractivity contribution in [2.75, 3.05) is 5.32 Å². The molecule has 0 saturated heterocycles. The first-order valence-corrected chi connectivity index (χ1v) is 10.2. The van der Waals surface area contributed by atoms with Crippen LogP contribution >= 0.6 is 0 Å². The highest BCUT2D eigenvalue weighted by Gasteiger charge is 2.11. The Balaban J connectivity index is 1.54. The van der Waals surface area contributed by atoms with E-state index in [1.54, 1.807) is 12.1 Å². The molecule has 32 heavy (non-hydrogen) atoms. The Morgan fingerprint density at radius 1 is 1.16 bits per heavy atom. The summed E-state index contributed by atoms with van der Waals surface area (Å²) in [6.45, 7) is 3.98. The molecule has 0 atom stereocenters. The summed E-state index contributed by atoms with van der Waals surface area (Å²) in [4.78, 5) is 27.5. The first-order valence-electron chi connectivity index (χ1n) is 10.2. The molecule has 7 heteroatoms. The van der Waals surface area contributed by atoms with E-state index in [1.807, 2.05) is 43.3 Å². The van der Waals surface area contributed by atoms with Gasteiger partial charge in [-0.1, -0.05) is 31.2 Å². The maximum atomic E-state index is 12.4. The predicted molar refractivity (Wildman–Crippen MR) is 124 cm³/mol. The molecule has 0 aliphatic rings. The van der Waals surface area contributed by atoms with Crippen molar-refractivity contribution in [2.24, 2.45) is 0 Å². The van der Waals surface area contributed by atoms with Gasteiger partial charge in [-0.15, -0.1) is 0 Å². The van der Waals surface area contributed by atoms with E-state index in [2.05, 4.69) is 17.2 Å². The average Bonchev–Trinajstić information content (AvgIpc) is 3.22. The monoisotopic (exact) mass is 427 g/mol. The minimum Gasteiger partial charge on any atom is -0.436 e. The van der Waals surface area contributed by atoms with Gasteiger partial charge in [-0.3, -0.25) is 14.9 Å². The molecule has 0 unspecified atom stereocenters. The molecule has 160 valence electrons. The fourth-order valence-electron chi connectivity index (χ4n) is 3.29. The van der Waals surface area contributed by atoms with Gasteiger partial charge in [0.05, 0.1) is 4.92 Å². The highest BCUT2D eigenvalue weighted by molar-refractivity contribution is 6.02. The molecule has 0 fully saturated rings. The number of anilines is 1. The van der Waals surface area contributed by atoms with Gasteiger partial charge in [-0.2, -0.15) is 0 Å². The number of hydrogen-bond donors (Lipinski definition) is 1. The van der Waals surface area contributed by atoms with Crippen LogP contribution in [0.3, 0.4) is 0 Å². The van der Waals surface area contributed by atoms with Crippen molar-refractivity contribution < 1.29 is 14.1 Å². The van der Waals surface area contributed by atoms with E-state index >= 15 is 0 Å². The van der Waals surface area contributed by atoms with Crippen molar-refractivity contribution in [3.63, 3.8) is 0 Å². The van der Waals surface area contributed by atoms with E-state index in [0.717, 1.165) is 23.1 Å². The highest BCUT2D eigenvalue weighted by Crippen LogP contribution is 2.28. The quantitative estimate of drug-likeness (QED) is 0.234. The molecule has 3 aromatic carbocycles. The lowest BCUT2D eigenvalue weighted by Gasteiger charge is -2.08. The number of oxazole rings is 1. The number of nitro groups is 1. The number of carbonyl (C=O) groups excluding carboxylic acids is 1. The lowest BCUT2D eigenvalue weighted by molar-refractivity contribution is -0.384. The van der Waals surface area contributed by atoms with E-state index < -0.39 is 4.92 Å². The number of non-ortho nitro benzene ring substituents is 1. The molecule has 7 nitrogen and oxygen atoms in total. The lowest BCUT2D eigenvalue weighted by atomic mass is 10.1. The number of nitrogens with one attached hydrogen (secondary N) is 1. The molecule has 0 spiro atoms. The number of nitro benzene ring substituents is 1. The smallest absolute Gasteiger partial charge is 0.270 e. The summed E-state index contributed by atoms with van der Waals surface area (Å²) in [7, 11) is 0. The predicted octanol–water partition coefficient (Wildman–Crippen LogP) is 5.93. The van der Waals surface area contributed by atoms with Crippen LogP contribution in [0.5, 0.6) is 0 Å². The van der Waals surface area contributed by atoms with E-state index in [1.165, 1.54) is 29.8 Å². The Morgan fingerprint density at radius 3 is 2.78 bits per heavy atom. The van der Waals surface area contributed by atoms with E-state index in [9.17, 15) is 14.9 Å². The van der Waals surface area contributed by atoms with Crippen molar-refractivity contribution in [1.29, 1.82) is 0 Å². The molecule has 0 bridgehead atoms. The fourth-order valence-corrected chi connectivity index (χ4v) is 3.29. The third-order valence-electron chi connectivity index (χ3n) is 5.11. The zero-order chi connectivity index (χ0) is 22.7. The van der Waals surface area contributed by atoms with Crippen LogP contribution in [-0.2, 0) is 11.2 Å². The molecule has 0 radical (unpaired) electrons. The largest absolute Gasteiger partial charge is 0.436 e. The Kier molecular flexibility index (Phi) is 5.81. The standard InChI is InChI=1S/C25H21N3O4/c1-3-17-8-11-23-22(14-17)27-25(32-23)19-10-7-16(2)21(15-19)26-24(29)12-9-18-5-4-6-20(13-18)28(30)31/h4-15H,3H2,1-2H3,(H,26,29)/b12-9+. The molecular formula is C25H21N3O4. The average molecular weight is 427 g/mol. The second kappa shape index (κ2) is 8.85. The van der Waals surface area contributed by atoms with E-state index in [4.69, 9.17) is 4.42 Å². The van der Waals surface area contributed by atoms with Gasteiger partial charge in [0.15, 0.2) is 5.58 Å². The molecule has 1 aromatic heterocycles. The topological polar surface area (TPSA) is 98.3 Å². The minimum atomic E-state index is -0.471. The summed E-state index contributed by atoms with van der Waals surface area (Å²) in [6, 6.07) is 17.6. The van der Waals surface area contributed by atoms with Crippen LogP contribution in [0.2, 0.25) is 0 Å². The number of rotatable bonds is 6. The fraction of sp³-hybridized carbons (Fsp3) is 0.120. The Hall–Kier alpha value is -4.26. The summed E-state index contributed by atoms with van der Waals surface area (Å²) >= 11 is 0. The number of carbonyl (C=O) groups is 1. The second-order valence-electron chi connectivity index (χ2n) is 7.38. The van der Waals surface area contributed by atoms with Crippen molar-refractivity contribution in [2.45, 2.75) is 20.3 Å². The summed E-state index contributed by atoms with van der Waals surface area (Å²) in [5, 5.41) is 13.7. The molecule has 4 aromatic rings. The third kappa shape index (κ3) is 4.57. The number of hydrogen-bond acceptors (Lipinski definition) is 5. The molecule has 0 aliphatic heterocycles. The SMILES string of the molecule is CCc1ccc2oc(-c3ccc(C)c(NC(=O)/C=C/c4cccc([N+](=O)[O-])c4)c3)nc2c1. The second-order valence-corrected chi connectivity index (χ2v) is 7.38. The van der Waals surface area contributed by atoms with Gasteiger partial charge in [0.2, 0.25) is 11.8 Å². The molecule has 1 amide bonds. The summed E-state index contributed by atoms with van der Waals surface area (Å²) in [6.07, 6.45) is 3.80. The van der Waals surface area contributed by atoms with Crippen molar-refractivity contribution in [3.8, 4) is 11.5 Å². The number of nitrogens with zero attached hydrogens (tertiary/aromatic N) is 2. The van der Waals surface area contributed by atoms with E-state index in [0.29, 0.717) is 22.7 Å². The van der Waals surface area contributed by atoms with Crippen LogP contribution in [0.1, 0.15) is 23.6 Å². The number of fused-ring (bicyclic) bond motifs is 1. The number of aryl methyl sites for hydroxylation is 2.